The molecule has 2 heterocycles. The van der Waals surface area contributed by atoms with E-state index in [0.29, 0.717) is 0 Å². The van der Waals surface area contributed by atoms with Crippen LogP contribution in [0.1, 0.15) is 25.7 Å². The van der Waals surface area contributed by atoms with Gasteiger partial charge in [0.2, 0.25) is 0 Å². The Morgan fingerprint density at radius 3 is 1.48 bits per heavy atom. The molecule has 10 heteroatoms. The summed E-state index contributed by atoms with van der Waals surface area (Å²) in [6, 6.07) is 0. The standard InChI is InChI=1S/C6H10O2.C4H4N2.C2H3N3.CH3NO2/c7-6(8)5-3-1-2-4-5;1-2-6-4-3-5-1;1-2-4-5-3-1;2-1(3)4/h5H,1-4H2,(H,7,8);1-4H;1-2H,(H,3,4,5);2H2,(H,3,4). The molecule has 5 N–H and O–H groups in total. The predicted octanol–water partition coefficient (Wildman–Crippen LogP) is 1.17. The molecular formula is C13H20N6O4. The third-order valence-corrected chi connectivity index (χ3v) is 2.51. The summed E-state index contributed by atoms with van der Waals surface area (Å²) in [5.74, 6) is -0.627. The molecule has 10 nitrogen and oxygen atoms in total. The number of nitrogens with zero attached hydrogens (tertiary/aromatic N) is 4. The quantitative estimate of drug-likeness (QED) is 0.605. The first kappa shape index (κ1) is 20.0. The van der Waals surface area contributed by atoms with Gasteiger partial charge in [-0.2, -0.15) is 15.4 Å². The van der Waals surface area contributed by atoms with Crippen molar-refractivity contribution in [3.05, 3.63) is 37.2 Å². The number of primary amides is 1. The lowest BCUT2D eigenvalue weighted by Gasteiger charge is -1.97. The van der Waals surface area contributed by atoms with Gasteiger partial charge >= 0.3 is 12.1 Å². The Morgan fingerprint density at radius 2 is 1.30 bits per heavy atom. The van der Waals surface area contributed by atoms with Crippen LogP contribution in [0.2, 0.25) is 0 Å². The van der Waals surface area contributed by atoms with Crippen LogP contribution in [0.15, 0.2) is 37.2 Å². The van der Waals surface area contributed by atoms with Gasteiger partial charge in [-0.15, -0.1) is 0 Å². The summed E-state index contributed by atoms with van der Waals surface area (Å²) in [7, 11) is 0. The molecule has 1 aliphatic carbocycles. The van der Waals surface area contributed by atoms with Crippen molar-refractivity contribution in [1.29, 1.82) is 0 Å². The number of hydrogen-bond acceptors (Lipinski definition) is 6. The molecule has 1 saturated carbocycles. The van der Waals surface area contributed by atoms with E-state index >= 15 is 0 Å². The van der Waals surface area contributed by atoms with Gasteiger partial charge in [0.1, 0.15) is 0 Å². The van der Waals surface area contributed by atoms with Crippen molar-refractivity contribution in [3.63, 3.8) is 0 Å². The third-order valence-electron chi connectivity index (χ3n) is 2.51. The largest absolute Gasteiger partial charge is 0.481 e. The zero-order chi connectivity index (χ0) is 17.3. The first-order valence-corrected chi connectivity index (χ1v) is 6.75. The van der Waals surface area contributed by atoms with Crippen molar-refractivity contribution in [2.75, 3.05) is 0 Å². The van der Waals surface area contributed by atoms with Crippen LogP contribution in [0.25, 0.3) is 0 Å². The lowest BCUT2D eigenvalue weighted by atomic mass is 10.1. The van der Waals surface area contributed by atoms with Crippen LogP contribution in [0.3, 0.4) is 0 Å². The molecule has 0 saturated heterocycles. The van der Waals surface area contributed by atoms with E-state index in [9.17, 15) is 4.79 Å². The van der Waals surface area contributed by atoms with Gasteiger partial charge in [0.15, 0.2) is 0 Å². The average molecular weight is 324 g/mol. The Balaban J connectivity index is 0.000000291. The second kappa shape index (κ2) is 13.9. The number of hydrogen-bond donors (Lipinski definition) is 4. The second-order valence-corrected chi connectivity index (χ2v) is 4.21. The number of H-pyrrole nitrogens is 1. The van der Waals surface area contributed by atoms with Gasteiger partial charge in [-0.3, -0.25) is 14.8 Å². The molecule has 0 bridgehead atoms. The van der Waals surface area contributed by atoms with E-state index in [1.54, 1.807) is 37.2 Å². The lowest BCUT2D eigenvalue weighted by molar-refractivity contribution is -0.141. The summed E-state index contributed by atoms with van der Waals surface area (Å²) in [5, 5.41) is 24.9. The molecule has 2 aromatic rings. The average Bonchev–Trinajstić information content (AvgIpc) is 3.25. The van der Waals surface area contributed by atoms with Crippen LogP contribution >= 0.6 is 0 Å². The number of aromatic amines is 1. The van der Waals surface area contributed by atoms with Crippen molar-refractivity contribution < 1.29 is 19.8 Å². The van der Waals surface area contributed by atoms with Crippen LogP contribution in [-0.2, 0) is 4.79 Å². The number of rotatable bonds is 1. The van der Waals surface area contributed by atoms with Crippen LogP contribution < -0.4 is 5.73 Å². The fourth-order valence-electron chi connectivity index (χ4n) is 1.59. The maximum absolute atomic E-state index is 10.2. The zero-order valence-corrected chi connectivity index (χ0v) is 12.4. The SMILES string of the molecule is NC(=O)O.O=C(O)C1CCCC1.c1cn[nH]n1.c1cnccn1. The lowest BCUT2D eigenvalue weighted by Crippen LogP contribution is -2.07. The Labute approximate surface area is 132 Å². The second-order valence-electron chi connectivity index (χ2n) is 4.21. The van der Waals surface area contributed by atoms with Gasteiger partial charge in [0.25, 0.3) is 0 Å². The summed E-state index contributed by atoms with van der Waals surface area (Å²) < 4.78 is 0. The monoisotopic (exact) mass is 324 g/mol. The molecule has 1 amide bonds. The van der Waals surface area contributed by atoms with Crippen LogP contribution in [0, 0.1) is 5.92 Å². The molecule has 0 atom stereocenters. The summed E-state index contributed by atoms with van der Waals surface area (Å²) in [5.41, 5.74) is 4.03. The Bertz CT molecular complexity index is 455. The smallest absolute Gasteiger partial charge is 0.402 e. The van der Waals surface area contributed by atoms with Gasteiger partial charge in [-0.05, 0) is 12.8 Å². The number of carboxylic acid groups (broad SMARTS) is 2. The summed E-state index contributed by atoms with van der Waals surface area (Å²) in [6.07, 6.45) is 12.4. The molecule has 0 unspecified atom stereocenters. The van der Waals surface area contributed by atoms with Gasteiger partial charge in [0.05, 0.1) is 18.3 Å². The third kappa shape index (κ3) is 15.2. The Morgan fingerprint density at radius 1 is 0.913 bits per heavy atom. The molecule has 23 heavy (non-hydrogen) atoms. The van der Waals surface area contributed by atoms with Crippen LogP contribution in [0.5, 0.6) is 0 Å². The highest BCUT2D eigenvalue weighted by molar-refractivity contribution is 5.70. The molecule has 0 aliphatic heterocycles. The molecule has 0 aromatic carbocycles. The maximum Gasteiger partial charge on any atom is 0.402 e. The van der Waals surface area contributed by atoms with E-state index in [2.05, 4.69) is 31.1 Å². The van der Waals surface area contributed by atoms with Crippen molar-refractivity contribution >= 4 is 12.1 Å². The molecule has 0 spiro atoms. The van der Waals surface area contributed by atoms with E-state index in [4.69, 9.17) is 15.0 Å². The molecule has 0 radical (unpaired) electrons. The number of amides is 1. The van der Waals surface area contributed by atoms with Crippen molar-refractivity contribution in [3.8, 4) is 0 Å². The Kier molecular flexibility index (Phi) is 12.1. The summed E-state index contributed by atoms with van der Waals surface area (Å²) in [4.78, 5) is 26.4. The molecule has 2 aromatic heterocycles. The van der Waals surface area contributed by atoms with E-state index in [0.717, 1.165) is 25.7 Å². The predicted molar refractivity (Wildman–Crippen MR) is 80.2 cm³/mol. The molecular weight excluding hydrogens is 304 g/mol. The van der Waals surface area contributed by atoms with E-state index < -0.39 is 12.1 Å². The molecule has 1 fully saturated rings. The van der Waals surface area contributed by atoms with Crippen LogP contribution in [0.4, 0.5) is 4.79 Å². The summed E-state index contributed by atoms with van der Waals surface area (Å²) in [6.45, 7) is 0. The van der Waals surface area contributed by atoms with Crippen molar-refractivity contribution in [1.82, 2.24) is 25.4 Å². The van der Waals surface area contributed by atoms with Crippen molar-refractivity contribution in [2.45, 2.75) is 25.7 Å². The minimum absolute atomic E-state index is 0.0185. The van der Waals surface area contributed by atoms with Gasteiger partial charge in [-0.25, -0.2) is 4.79 Å². The van der Waals surface area contributed by atoms with Gasteiger partial charge in [-0.1, -0.05) is 12.8 Å². The highest BCUT2D eigenvalue weighted by atomic mass is 16.4. The first-order chi connectivity index (χ1) is 11.0. The fraction of sp³-hybridized carbons (Fsp3) is 0.385. The zero-order valence-electron chi connectivity index (χ0n) is 12.4. The van der Waals surface area contributed by atoms with Crippen LogP contribution in [-0.4, -0.2) is 47.7 Å². The van der Waals surface area contributed by atoms with E-state index in [-0.39, 0.29) is 5.92 Å². The molecule has 1 aliphatic rings. The number of carbonyl (C=O) groups is 2. The van der Waals surface area contributed by atoms with E-state index in [1.165, 1.54) is 0 Å². The van der Waals surface area contributed by atoms with Gasteiger partial charge in [0, 0.05) is 24.8 Å². The number of carboxylic acids is 1. The van der Waals surface area contributed by atoms with Crippen molar-refractivity contribution in [2.24, 2.45) is 11.7 Å². The molecule has 126 valence electrons. The van der Waals surface area contributed by atoms with E-state index in [1.807, 2.05) is 0 Å². The number of aliphatic carboxylic acids is 1. The number of nitrogens with one attached hydrogen (secondary N) is 1. The molecule has 3 rings (SSSR count). The summed E-state index contributed by atoms with van der Waals surface area (Å²) >= 11 is 0. The first-order valence-electron chi connectivity index (χ1n) is 6.75. The Hall–Kier alpha value is -3.04. The minimum Gasteiger partial charge on any atom is -0.481 e. The fourth-order valence-corrected chi connectivity index (χ4v) is 1.59. The topological polar surface area (TPSA) is 168 Å². The number of aromatic nitrogens is 5. The maximum atomic E-state index is 10.2. The normalized spacial score (nSPS) is 12.3. The number of nitrogens with two attached hydrogens (primary N) is 1. The van der Waals surface area contributed by atoms with Gasteiger partial charge < -0.3 is 15.9 Å². The highest BCUT2D eigenvalue weighted by Crippen LogP contribution is 2.24. The highest BCUT2D eigenvalue weighted by Gasteiger charge is 2.20. The minimum atomic E-state index is -1.33.